The van der Waals surface area contributed by atoms with E-state index in [1.54, 1.807) is 0 Å². The highest BCUT2D eigenvalue weighted by Crippen LogP contribution is 2.37. The first kappa shape index (κ1) is 11.2. The fraction of sp³-hybridized carbons (Fsp3) is 0.714. The van der Waals surface area contributed by atoms with E-state index in [4.69, 9.17) is 10.5 Å². The Hall–Kier alpha value is -0.770. The molecule has 2 N–H and O–H groups in total. The molecule has 0 bridgehead atoms. The third-order valence-corrected chi connectivity index (χ3v) is 1.86. The molecule has 0 aromatic carbocycles. The molecule has 0 heterocycles. The number of halogens is 1. The summed E-state index contributed by atoms with van der Waals surface area (Å²) >= 11 is 0. The average molecular weight is 194 g/mol. The van der Waals surface area contributed by atoms with Gasteiger partial charge in [0.2, 0.25) is 0 Å². The summed E-state index contributed by atoms with van der Waals surface area (Å²) in [5, 5.41) is 15.9. The van der Waals surface area contributed by atoms with Gasteiger partial charge in [0.1, 0.15) is 5.92 Å². The first-order valence-corrected chi connectivity index (χ1v) is 3.52. The topological polar surface area (TPSA) is 70.4 Å². The Morgan fingerprint density at radius 3 is 2.42 bits per heavy atom. The van der Waals surface area contributed by atoms with Gasteiger partial charge in [-0.25, -0.2) is 0 Å². The van der Waals surface area contributed by atoms with Crippen molar-refractivity contribution in [2.45, 2.75) is 12.8 Å². The highest BCUT2D eigenvalue weighted by molar-refractivity contribution is 5.96. The minimum absolute atomic E-state index is 0. The Balaban J connectivity index is 0.00000121. The summed E-state index contributed by atoms with van der Waals surface area (Å²) in [6.07, 6.45) is 1.81. The van der Waals surface area contributed by atoms with Crippen LogP contribution in [0.25, 0.3) is 0 Å². The number of carbonyl (C=O) groups is 1. The van der Waals surface area contributed by atoms with Crippen LogP contribution >= 0.6 is 12.4 Å². The van der Waals surface area contributed by atoms with Crippen LogP contribution in [0.5, 0.6) is 0 Å². The summed E-state index contributed by atoms with van der Waals surface area (Å²) in [5.41, 5.74) is 0. The molecule has 1 saturated carbocycles. The molecule has 5 heteroatoms. The first-order chi connectivity index (χ1) is 5.16. The zero-order chi connectivity index (χ0) is 8.43. The lowest BCUT2D eigenvalue weighted by Crippen LogP contribution is -2.26. The molecule has 1 aliphatic carbocycles. The Kier molecular flexibility index (Phi) is 4.03. The van der Waals surface area contributed by atoms with Gasteiger partial charge in [-0.15, -0.1) is 12.4 Å². The molecule has 0 aromatic rings. The van der Waals surface area contributed by atoms with Crippen molar-refractivity contribution in [3.05, 3.63) is 0 Å². The van der Waals surface area contributed by atoms with Crippen molar-refractivity contribution >= 4 is 24.3 Å². The summed E-state index contributed by atoms with van der Waals surface area (Å²) < 4.78 is 4.58. The smallest absolute Gasteiger partial charge is 0.316 e. The Morgan fingerprint density at radius 2 is 2.17 bits per heavy atom. The van der Waals surface area contributed by atoms with E-state index < -0.39 is 11.9 Å². The fourth-order valence-electron chi connectivity index (χ4n) is 1.08. The standard InChI is InChI=1S/C7H11NO3.ClH/c1-11-6(8)5(7(9)10)4-2-3-4;/h4-5,8H,2-3H2,1H3,(H,9,10);1H. The second kappa shape index (κ2) is 4.30. The first-order valence-electron chi connectivity index (χ1n) is 3.52. The number of hydrogen-bond acceptors (Lipinski definition) is 3. The van der Waals surface area contributed by atoms with Gasteiger partial charge in [0.25, 0.3) is 0 Å². The molecule has 1 rings (SSSR count). The van der Waals surface area contributed by atoms with Crippen LogP contribution in [0.3, 0.4) is 0 Å². The molecule has 1 fully saturated rings. The highest BCUT2D eigenvalue weighted by atomic mass is 35.5. The normalized spacial score (nSPS) is 17.4. The Labute approximate surface area is 76.8 Å². The van der Waals surface area contributed by atoms with Crippen molar-refractivity contribution in [1.82, 2.24) is 0 Å². The van der Waals surface area contributed by atoms with Gasteiger partial charge in [-0.2, -0.15) is 0 Å². The molecule has 0 aliphatic heterocycles. The number of rotatable bonds is 3. The number of nitrogens with one attached hydrogen (secondary N) is 1. The lowest BCUT2D eigenvalue weighted by molar-refractivity contribution is -0.140. The van der Waals surface area contributed by atoms with E-state index in [1.807, 2.05) is 0 Å². The molecule has 12 heavy (non-hydrogen) atoms. The van der Waals surface area contributed by atoms with E-state index in [9.17, 15) is 4.79 Å². The van der Waals surface area contributed by atoms with E-state index in [0.29, 0.717) is 0 Å². The molecule has 0 saturated heterocycles. The van der Waals surface area contributed by atoms with E-state index in [0.717, 1.165) is 12.8 Å². The number of carboxylic acids is 1. The molecule has 0 spiro atoms. The zero-order valence-corrected chi connectivity index (χ0v) is 7.56. The zero-order valence-electron chi connectivity index (χ0n) is 6.74. The maximum atomic E-state index is 10.6. The molecule has 1 unspecified atom stereocenters. The van der Waals surface area contributed by atoms with Gasteiger partial charge < -0.3 is 9.84 Å². The number of ether oxygens (including phenoxy) is 1. The largest absolute Gasteiger partial charge is 0.484 e. The third-order valence-electron chi connectivity index (χ3n) is 1.86. The number of aliphatic carboxylic acids is 1. The van der Waals surface area contributed by atoms with Crippen LogP contribution in [-0.4, -0.2) is 24.1 Å². The van der Waals surface area contributed by atoms with Crippen LogP contribution in [-0.2, 0) is 9.53 Å². The van der Waals surface area contributed by atoms with Crippen molar-refractivity contribution in [3.63, 3.8) is 0 Å². The lowest BCUT2D eigenvalue weighted by atomic mass is 10.0. The van der Waals surface area contributed by atoms with Gasteiger partial charge in [0.15, 0.2) is 5.90 Å². The Bertz CT molecular complexity index is 191. The van der Waals surface area contributed by atoms with Crippen LogP contribution in [0.4, 0.5) is 0 Å². The minimum atomic E-state index is -0.945. The monoisotopic (exact) mass is 193 g/mol. The third kappa shape index (κ3) is 2.37. The van der Waals surface area contributed by atoms with Crippen LogP contribution in [0.2, 0.25) is 0 Å². The predicted molar refractivity (Wildman–Crippen MR) is 45.8 cm³/mol. The predicted octanol–water partition coefficient (Wildman–Crippen LogP) is 1.14. The van der Waals surface area contributed by atoms with Crippen LogP contribution in [0, 0.1) is 17.2 Å². The second-order valence-electron chi connectivity index (χ2n) is 2.72. The molecule has 0 aromatic heterocycles. The molecular formula is C7H12ClNO3. The minimum Gasteiger partial charge on any atom is -0.484 e. The van der Waals surface area contributed by atoms with Crippen molar-refractivity contribution in [2.24, 2.45) is 11.8 Å². The van der Waals surface area contributed by atoms with E-state index in [1.165, 1.54) is 7.11 Å². The van der Waals surface area contributed by atoms with Gasteiger partial charge in [-0.3, -0.25) is 10.2 Å². The van der Waals surface area contributed by atoms with Gasteiger partial charge >= 0.3 is 5.97 Å². The van der Waals surface area contributed by atoms with Crippen molar-refractivity contribution in [1.29, 1.82) is 5.41 Å². The molecule has 4 nitrogen and oxygen atoms in total. The van der Waals surface area contributed by atoms with Gasteiger partial charge in [0, 0.05) is 0 Å². The molecule has 0 amide bonds. The maximum Gasteiger partial charge on any atom is 0.316 e. The van der Waals surface area contributed by atoms with Crippen LogP contribution < -0.4 is 0 Å². The lowest BCUT2D eigenvalue weighted by Gasteiger charge is -2.09. The molecule has 0 radical (unpaired) electrons. The summed E-state index contributed by atoms with van der Waals surface area (Å²) in [6.45, 7) is 0. The number of carboxylic acid groups (broad SMARTS) is 1. The number of hydrogen-bond donors (Lipinski definition) is 2. The summed E-state index contributed by atoms with van der Waals surface area (Å²) in [4.78, 5) is 10.6. The van der Waals surface area contributed by atoms with E-state index in [2.05, 4.69) is 4.74 Å². The Morgan fingerprint density at radius 1 is 1.67 bits per heavy atom. The highest BCUT2D eigenvalue weighted by Gasteiger charge is 2.40. The number of methoxy groups -OCH3 is 1. The van der Waals surface area contributed by atoms with Crippen LogP contribution in [0.15, 0.2) is 0 Å². The average Bonchev–Trinajstić information content (AvgIpc) is 2.71. The second-order valence-corrected chi connectivity index (χ2v) is 2.72. The maximum absolute atomic E-state index is 10.6. The SMILES string of the molecule is COC(=N)C(C(=O)O)C1CC1.Cl. The van der Waals surface area contributed by atoms with Gasteiger partial charge in [-0.1, -0.05) is 0 Å². The fourth-order valence-corrected chi connectivity index (χ4v) is 1.08. The van der Waals surface area contributed by atoms with Crippen molar-refractivity contribution in [2.75, 3.05) is 7.11 Å². The molecule has 70 valence electrons. The van der Waals surface area contributed by atoms with Crippen molar-refractivity contribution < 1.29 is 14.6 Å². The van der Waals surface area contributed by atoms with E-state index >= 15 is 0 Å². The molecule has 1 atom stereocenters. The van der Waals surface area contributed by atoms with E-state index in [-0.39, 0.29) is 24.2 Å². The quantitative estimate of drug-likeness (QED) is 0.522. The summed E-state index contributed by atoms with van der Waals surface area (Å²) in [7, 11) is 1.33. The summed E-state index contributed by atoms with van der Waals surface area (Å²) in [5.74, 6) is -1.64. The molecule has 1 aliphatic rings. The molecular weight excluding hydrogens is 182 g/mol. The van der Waals surface area contributed by atoms with Crippen LogP contribution in [0.1, 0.15) is 12.8 Å². The van der Waals surface area contributed by atoms with Crippen molar-refractivity contribution in [3.8, 4) is 0 Å². The summed E-state index contributed by atoms with van der Waals surface area (Å²) in [6, 6.07) is 0. The van der Waals surface area contributed by atoms with Gasteiger partial charge in [0.05, 0.1) is 7.11 Å². The van der Waals surface area contributed by atoms with Gasteiger partial charge in [-0.05, 0) is 18.8 Å².